The van der Waals surface area contributed by atoms with Crippen LogP contribution in [0.5, 0.6) is 0 Å². The molecule has 3 atom stereocenters. The second-order valence-corrected chi connectivity index (χ2v) is 8.01. The van der Waals surface area contributed by atoms with Gasteiger partial charge in [0.1, 0.15) is 5.82 Å². The van der Waals surface area contributed by atoms with E-state index in [2.05, 4.69) is 5.32 Å². The second-order valence-electron chi connectivity index (χ2n) is 8.01. The Labute approximate surface area is 165 Å². The van der Waals surface area contributed by atoms with Crippen molar-refractivity contribution in [2.75, 3.05) is 5.32 Å². The molecule has 1 saturated carbocycles. The molecule has 138 valence electrons. The van der Waals surface area contributed by atoms with E-state index in [1.54, 1.807) is 4.57 Å². The SMILES string of the molecule is O=C1Nc2ccccc2C12C1c3ccccc3-n3c(nc4ccccc4c3=O)C12. The minimum atomic E-state index is -0.702. The molecule has 1 fully saturated rings. The number of carbonyl (C=O) groups is 1. The third kappa shape index (κ3) is 1.58. The van der Waals surface area contributed by atoms with Crippen molar-refractivity contribution in [2.45, 2.75) is 17.3 Å². The van der Waals surface area contributed by atoms with Crippen LogP contribution in [0.3, 0.4) is 0 Å². The first-order valence-electron chi connectivity index (χ1n) is 9.75. The normalized spacial score (nSPS) is 25.2. The number of hydrogen-bond acceptors (Lipinski definition) is 3. The number of amides is 1. The number of fused-ring (bicyclic) bond motifs is 11. The molecule has 3 unspecified atom stereocenters. The highest BCUT2D eigenvalue weighted by atomic mass is 16.2. The monoisotopic (exact) mass is 377 g/mol. The van der Waals surface area contributed by atoms with Crippen molar-refractivity contribution >= 4 is 22.5 Å². The zero-order valence-electron chi connectivity index (χ0n) is 15.3. The predicted octanol–water partition coefficient (Wildman–Crippen LogP) is 3.47. The number of rotatable bonds is 0. The van der Waals surface area contributed by atoms with Crippen LogP contribution in [0.15, 0.2) is 77.6 Å². The summed E-state index contributed by atoms with van der Waals surface area (Å²) < 4.78 is 1.72. The lowest BCUT2D eigenvalue weighted by Crippen LogP contribution is -2.27. The fourth-order valence-corrected chi connectivity index (χ4v) is 5.63. The summed E-state index contributed by atoms with van der Waals surface area (Å²) in [6, 6.07) is 23.2. The van der Waals surface area contributed by atoms with Crippen molar-refractivity contribution < 1.29 is 4.79 Å². The minimum absolute atomic E-state index is 0.000592. The van der Waals surface area contributed by atoms with Crippen molar-refractivity contribution in [3.8, 4) is 5.69 Å². The summed E-state index contributed by atoms with van der Waals surface area (Å²) >= 11 is 0. The lowest BCUT2D eigenvalue weighted by atomic mass is 9.91. The van der Waals surface area contributed by atoms with Gasteiger partial charge in [-0.1, -0.05) is 48.5 Å². The quantitative estimate of drug-likeness (QED) is 0.510. The third-order valence-electron chi connectivity index (χ3n) is 6.79. The van der Waals surface area contributed by atoms with Gasteiger partial charge >= 0.3 is 0 Å². The van der Waals surface area contributed by atoms with Gasteiger partial charge < -0.3 is 5.32 Å². The molecule has 0 bridgehead atoms. The van der Waals surface area contributed by atoms with E-state index in [1.165, 1.54) is 0 Å². The van der Waals surface area contributed by atoms with Crippen LogP contribution < -0.4 is 10.9 Å². The molecule has 1 N–H and O–H groups in total. The number of para-hydroxylation sites is 3. The van der Waals surface area contributed by atoms with E-state index in [0.29, 0.717) is 16.7 Å². The summed E-state index contributed by atoms with van der Waals surface area (Å²) in [6.45, 7) is 0. The van der Waals surface area contributed by atoms with Crippen LogP contribution in [-0.4, -0.2) is 15.5 Å². The van der Waals surface area contributed by atoms with Gasteiger partial charge in [0.25, 0.3) is 5.56 Å². The lowest BCUT2D eigenvalue weighted by Gasteiger charge is -2.20. The first kappa shape index (κ1) is 15.2. The van der Waals surface area contributed by atoms with Crippen molar-refractivity contribution in [3.05, 3.63) is 100 Å². The number of nitrogens with zero attached hydrogens (tertiary/aromatic N) is 2. The molecule has 7 rings (SSSR count). The summed E-state index contributed by atoms with van der Waals surface area (Å²) in [5.41, 5.74) is 3.63. The molecule has 3 aromatic carbocycles. The van der Waals surface area contributed by atoms with Gasteiger partial charge in [-0.3, -0.25) is 14.2 Å². The number of nitrogens with one attached hydrogen (secondary N) is 1. The molecule has 5 nitrogen and oxygen atoms in total. The van der Waals surface area contributed by atoms with Gasteiger partial charge in [0.05, 0.1) is 22.0 Å². The van der Waals surface area contributed by atoms with Crippen molar-refractivity contribution in [3.63, 3.8) is 0 Å². The zero-order chi connectivity index (χ0) is 19.3. The summed E-state index contributed by atoms with van der Waals surface area (Å²) in [5.74, 6) is 0.511. The molecule has 1 aromatic heterocycles. The van der Waals surface area contributed by atoms with E-state index < -0.39 is 5.41 Å². The highest BCUT2D eigenvalue weighted by Gasteiger charge is 2.76. The molecule has 2 aliphatic heterocycles. The number of aromatic nitrogens is 2. The van der Waals surface area contributed by atoms with Crippen LogP contribution >= 0.6 is 0 Å². The Kier molecular flexibility index (Phi) is 2.52. The predicted molar refractivity (Wildman–Crippen MR) is 110 cm³/mol. The number of hydrogen-bond donors (Lipinski definition) is 1. The van der Waals surface area contributed by atoms with Crippen molar-refractivity contribution in [1.29, 1.82) is 0 Å². The van der Waals surface area contributed by atoms with Crippen LogP contribution in [0.4, 0.5) is 5.69 Å². The van der Waals surface area contributed by atoms with Gasteiger partial charge in [-0.05, 0) is 35.4 Å². The van der Waals surface area contributed by atoms with Gasteiger partial charge in [-0.15, -0.1) is 0 Å². The van der Waals surface area contributed by atoms with E-state index in [9.17, 15) is 9.59 Å². The van der Waals surface area contributed by atoms with E-state index in [4.69, 9.17) is 4.98 Å². The molecule has 29 heavy (non-hydrogen) atoms. The molecule has 1 amide bonds. The van der Waals surface area contributed by atoms with E-state index in [0.717, 1.165) is 22.5 Å². The molecular weight excluding hydrogens is 362 g/mol. The largest absolute Gasteiger partial charge is 0.325 e. The Morgan fingerprint density at radius 2 is 1.62 bits per heavy atom. The Morgan fingerprint density at radius 3 is 2.55 bits per heavy atom. The number of benzene rings is 3. The molecule has 1 aliphatic carbocycles. The van der Waals surface area contributed by atoms with Gasteiger partial charge in [0, 0.05) is 17.5 Å². The molecule has 1 spiro atoms. The van der Waals surface area contributed by atoms with E-state index >= 15 is 0 Å². The topological polar surface area (TPSA) is 64.0 Å². The Balaban J connectivity index is 1.62. The van der Waals surface area contributed by atoms with Crippen molar-refractivity contribution in [1.82, 2.24) is 9.55 Å². The van der Waals surface area contributed by atoms with Gasteiger partial charge in [0.15, 0.2) is 0 Å². The van der Waals surface area contributed by atoms with E-state index in [1.807, 2.05) is 72.8 Å². The minimum Gasteiger partial charge on any atom is -0.325 e. The number of anilines is 1. The Hall–Kier alpha value is -3.73. The Bertz CT molecular complexity index is 1450. The molecule has 3 aliphatic rings. The molecule has 0 radical (unpaired) electrons. The molecule has 0 saturated heterocycles. The fraction of sp³-hybridized carbons (Fsp3) is 0.125. The van der Waals surface area contributed by atoms with Crippen LogP contribution in [0, 0.1) is 0 Å². The summed E-state index contributed by atoms with van der Waals surface area (Å²) in [4.78, 5) is 31.7. The number of carbonyl (C=O) groups excluding carboxylic acids is 1. The maximum absolute atomic E-state index is 13.5. The van der Waals surface area contributed by atoms with Crippen LogP contribution in [-0.2, 0) is 10.2 Å². The average Bonchev–Trinajstić information content (AvgIpc) is 3.37. The molecular formula is C24H15N3O2. The molecule has 3 heterocycles. The molecule has 4 aromatic rings. The summed E-state index contributed by atoms with van der Waals surface area (Å²) in [7, 11) is 0. The van der Waals surface area contributed by atoms with Gasteiger partial charge in [-0.25, -0.2) is 4.98 Å². The summed E-state index contributed by atoms with van der Waals surface area (Å²) in [6.07, 6.45) is 0. The van der Waals surface area contributed by atoms with Crippen LogP contribution in [0.25, 0.3) is 16.6 Å². The maximum Gasteiger partial charge on any atom is 0.265 e. The van der Waals surface area contributed by atoms with Crippen LogP contribution in [0.2, 0.25) is 0 Å². The third-order valence-corrected chi connectivity index (χ3v) is 6.79. The summed E-state index contributed by atoms with van der Waals surface area (Å²) in [5, 5.41) is 3.66. The first-order valence-corrected chi connectivity index (χ1v) is 9.75. The van der Waals surface area contributed by atoms with Crippen LogP contribution in [0.1, 0.15) is 28.8 Å². The average molecular weight is 377 g/mol. The second kappa shape index (κ2) is 4.81. The highest BCUT2D eigenvalue weighted by Crippen LogP contribution is 2.75. The highest BCUT2D eigenvalue weighted by molar-refractivity contribution is 6.11. The standard InChI is InChI=1S/C24H15N3O2/c28-22-13-7-1-4-10-16(13)25-21-20-19(14-8-2-6-12-18(14)27(21)22)24(20)15-9-3-5-11-17(15)26-23(24)29/h1-12,19-20H,(H,26,29). The van der Waals surface area contributed by atoms with E-state index in [-0.39, 0.29) is 23.3 Å². The smallest absolute Gasteiger partial charge is 0.265 e. The maximum atomic E-state index is 13.5. The fourth-order valence-electron chi connectivity index (χ4n) is 5.63. The van der Waals surface area contributed by atoms with Gasteiger partial charge in [0.2, 0.25) is 5.91 Å². The lowest BCUT2D eigenvalue weighted by molar-refractivity contribution is -0.118. The van der Waals surface area contributed by atoms with Gasteiger partial charge in [-0.2, -0.15) is 0 Å². The van der Waals surface area contributed by atoms with Crippen molar-refractivity contribution in [2.24, 2.45) is 0 Å². The molecule has 5 heteroatoms. The first-order chi connectivity index (χ1) is 14.2. The zero-order valence-corrected chi connectivity index (χ0v) is 15.3. The Morgan fingerprint density at radius 1 is 0.862 bits per heavy atom.